The molecule has 0 fully saturated rings. The summed E-state index contributed by atoms with van der Waals surface area (Å²) >= 11 is 3.39. The van der Waals surface area contributed by atoms with E-state index in [0.717, 1.165) is 16.2 Å². The lowest BCUT2D eigenvalue weighted by Gasteiger charge is -2.10. The van der Waals surface area contributed by atoms with Gasteiger partial charge in [0.2, 0.25) is 0 Å². The Morgan fingerprint density at radius 1 is 1.35 bits per heavy atom. The fraction of sp³-hybridized carbons (Fsp3) is 0.308. The van der Waals surface area contributed by atoms with E-state index in [1.54, 1.807) is 16.8 Å². The van der Waals surface area contributed by atoms with Crippen molar-refractivity contribution in [2.75, 3.05) is 5.75 Å². The fourth-order valence-corrected chi connectivity index (χ4v) is 2.90. The Bertz CT molecular complexity index is 439. The van der Waals surface area contributed by atoms with E-state index in [2.05, 4.69) is 24.0 Å². The number of benzene rings is 1. The number of thioether (sulfide) groups is 1. The Balaban J connectivity index is 2.01. The molecule has 2 rings (SSSR count). The first kappa shape index (κ1) is 12.6. The van der Waals surface area contributed by atoms with E-state index in [9.17, 15) is 5.11 Å². The molecule has 1 unspecified atom stereocenters. The minimum absolute atomic E-state index is 0.434. The first-order valence-electron chi connectivity index (χ1n) is 5.57. The van der Waals surface area contributed by atoms with Crippen LogP contribution in [0.2, 0.25) is 0 Å². The number of nitrogens with zero attached hydrogens (tertiary/aromatic N) is 1. The van der Waals surface area contributed by atoms with E-state index in [0.29, 0.717) is 6.42 Å². The van der Waals surface area contributed by atoms with Gasteiger partial charge in [-0.3, -0.25) is 4.98 Å². The highest BCUT2D eigenvalue weighted by atomic mass is 32.2. The van der Waals surface area contributed by atoms with Gasteiger partial charge in [0.25, 0.3) is 0 Å². The molecule has 0 spiro atoms. The van der Waals surface area contributed by atoms with Gasteiger partial charge in [0.1, 0.15) is 0 Å². The summed E-state index contributed by atoms with van der Waals surface area (Å²) in [4.78, 5) is 6.38. The molecule has 2 aromatic rings. The molecule has 0 aliphatic carbocycles. The molecule has 0 bridgehead atoms. The number of hydrogen-bond acceptors (Lipinski definition) is 4. The van der Waals surface area contributed by atoms with Crippen LogP contribution in [0.25, 0.3) is 0 Å². The predicted molar refractivity (Wildman–Crippen MR) is 73.6 cm³/mol. The summed E-state index contributed by atoms with van der Waals surface area (Å²) in [5, 5.41) is 10.1. The molecule has 1 atom stereocenters. The maximum absolute atomic E-state index is 10.1. The van der Waals surface area contributed by atoms with Crippen LogP contribution >= 0.6 is 23.1 Å². The van der Waals surface area contributed by atoms with Gasteiger partial charge in [-0.15, -0.1) is 23.1 Å². The predicted octanol–water partition coefficient (Wildman–Crippen LogP) is 3.53. The van der Waals surface area contributed by atoms with Crippen LogP contribution < -0.4 is 0 Å². The Morgan fingerprint density at radius 2 is 2.12 bits per heavy atom. The summed E-state index contributed by atoms with van der Waals surface area (Å²) in [6, 6.07) is 8.15. The summed E-state index contributed by atoms with van der Waals surface area (Å²) in [5.41, 5.74) is 2.77. The van der Waals surface area contributed by atoms with Crippen molar-refractivity contribution in [1.29, 1.82) is 0 Å². The van der Waals surface area contributed by atoms with E-state index >= 15 is 0 Å². The second-order valence-corrected chi connectivity index (χ2v) is 6.00. The van der Waals surface area contributed by atoms with Crippen molar-refractivity contribution < 1.29 is 5.11 Å². The van der Waals surface area contributed by atoms with Gasteiger partial charge in [-0.2, -0.15) is 0 Å². The van der Waals surface area contributed by atoms with Gasteiger partial charge >= 0.3 is 0 Å². The lowest BCUT2D eigenvalue weighted by molar-refractivity contribution is 0.179. The fourth-order valence-electron chi connectivity index (χ4n) is 1.60. The molecular formula is C13H15NOS2. The normalized spacial score (nSPS) is 12.6. The average molecular weight is 265 g/mol. The molecule has 4 heteroatoms. The first-order valence-corrected chi connectivity index (χ1v) is 7.44. The monoisotopic (exact) mass is 265 g/mol. The van der Waals surface area contributed by atoms with Crippen molar-refractivity contribution in [3.8, 4) is 0 Å². The molecule has 0 aliphatic heterocycles. The number of rotatable bonds is 5. The van der Waals surface area contributed by atoms with E-state index in [4.69, 9.17) is 0 Å². The highest BCUT2D eigenvalue weighted by Crippen LogP contribution is 2.23. The molecule has 0 radical (unpaired) electrons. The number of aliphatic hydroxyl groups is 1. The second-order valence-electron chi connectivity index (χ2n) is 3.69. The van der Waals surface area contributed by atoms with Crippen LogP contribution in [-0.4, -0.2) is 15.8 Å². The number of hydrogen-bond donors (Lipinski definition) is 1. The minimum atomic E-state index is -0.434. The Labute approximate surface area is 110 Å². The quantitative estimate of drug-likeness (QED) is 0.840. The summed E-state index contributed by atoms with van der Waals surface area (Å²) in [6.07, 6.45) is 2.02. The van der Waals surface area contributed by atoms with Gasteiger partial charge < -0.3 is 5.11 Å². The molecule has 0 saturated heterocycles. The van der Waals surface area contributed by atoms with E-state index in [1.807, 2.05) is 30.1 Å². The lowest BCUT2D eigenvalue weighted by atomic mass is 10.1. The van der Waals surface area contributed by atoms with Crippen LogP contribution in [0.1, 0.15) is 23.5 Å². The molecule has 0 amide bonds. The topological polar surface area (TPSA) is 33.1 Å². The van der Waals surface area contributed by atoms with Gasteiger partial charge in [-0.1, -0.05) is 19.1 Å². The maximum Gasteiger partial charge on any atom is 0.0838 e. The molecule has 1 aromatic heterocycles. The number of aromatic nitrogens is 1. The van der Waals surface area contributed by atoms with Gasteiger partial charge in [0.05, 0.1) is 11.6 Å². The SMILES string of the molecule is CCSc1ccc(C(O)Cc2cncs2)cc1. The maximum atomic E-state index is 10.1. The number of aliphatic hydroxyl groups excluding tert-OH is 1. The van der Waals surface area contributed by atoms with E-state index in [-0.39, 0.29) is 0 Å². The van der Waals surface area contributed by atoms with Crippen molar-refractivity contribution in [2.24, 2.45) is 0 Å². The molecule has 0 aliphatic rings. The number of thiazole rings is 1. The standard InChI is InChI=1S/C13H15NOS2/c1-2-16-11-5-3-10(4-6-11)13(15)7-12-8-14-9-17-12/h3-6,8-9,13,15H,2,7H2,1H3. The van der Waals surface area contributed by atoms with Crippen LogP contribution in [0.4, 0.5) is 0 Å². The van der Waals surface area contributed by atoms with Crippen molar-refractivity contribution in [3.63, 3.8) is 0 Å². The second kappa shape index (κ2) is 6.19. The molecule has 1 heterocycles. The Morgan fingerprint density at radius 3 is 2.71 bits per heavy atom. The van der Waals surface area contributed by atoms with Gasteiger partial charge in [0.15, 0.2) is 0 Å². The smallest absolute Gasteiger partial charge is 0.0838 e. The Kier molecular flexibility index (Phi) is 4.59. The third-order valence-corrected chi connectivity index (χ3v) is 4.15. The third kappa shape index (κ3) is 3.56. The zero-order chi connectivity index (χ0) is 12.1. The average Bonchev–Trinajstić information content (AvgIpc) is 2.83. The summed E-state index contributed by atoms with van der Waals surface area (Å²) in [6.45, 7) is 2.14. The largest absolute Gasteiger partial charge is 0.388 e. The van der Waals surface area contributed by atoms with Crippen LogP contribution in [0, 0.1) is 0 Å². The summed E-state index contributed by atoms with van der Waals surface area (Å²) < 4.78 is 0. The molecular weight excluding hydrogens is 250 g/mol. The van der Waals surface area contributed by atoms with Crippen molar-refractivity contribution in [2.45, 2.75) is 24.3 Å². The lowest BCUT2D eigenvalue weighted by Crippen LogP contribution is -2.00. The zero-order valence-corrected chi connectivity index (χ0v) is 11.3. The minimum Gasteiger partial charge on any atom is -0.388 e. The molecule has 0 saturated carbocycles. The van der Waals surface area contributed by atoms with E-state index < -0.39 is 6.10 Å². The van der Waals surface area contributed by atoms with Crippen LogP contribution in [-0.2, 0) is 6.42 Å². The Hall–Kier alpha value is -0.840. The molecule has 1 aromatic carbocycles. The van der Waals surface area contributed by atoms with Gasteiger partial charge in [-0.05, 0) is 23.4 Å². The van der Waals surface area contributed by atoms with Crippen molar-refractivity contribution in [1.82, 2.24) is 4.98 Å². The highest BCUT2D eigenvalue weighted by molar-refractivity contribution is 7.99. The summed E-state index contributed by atoms with van der Waals surface area (Å²) in [5.74, 6) is 1.07. The third-order valence-electron chi connectivity index (χ3n) is 2.45. The van der Waals surface area contributed by atoms with Crippen LogP contribution in [0.5, 0.6) is 0 Å². The first-order chi connectivity index (χ1) is 8.29. The molecule has 17 heavy (non-hydrogen) atoms. The molecule has 1 N–H and O–H groups in total. The van der Waals surface area contributed by atoms with Crippen LogP contribution in [0.3, 0.4) is 0 Å². The van der Waals surface area contributed by atoms with Crippen LogP contribution in [0.15, 0.2) is 40.9 Å². The van der Waals surface area contributed by atoms with Crippen molar-refractivity contribution in [3.05, 3.63) is 46.4 Å². The molecule has 90 valence electrons. The molecule has 2 nitrogen and oxygen atoms in total. The van der Waals surface area contributed by atoms with Gasteiger partial charge in [0, 0.05) is 22.4 Å². The van der Waals surface area contributed by atoms with Crippen molar-refractivity contribution >= 4 is 23.1 Å². The van der Waals surface area contributed by atoms with E-state index in [1.165, 1.54) is 4.90 Å². The van der Waals surface area contributed by atoms with Gasteiger partial charge in [-0.25, -0.2) is 0 Å². The highest BCUT2D eigenvalue weighted by Gasteiger charge is 2.09. The zero-order valence-electron chi connectivity index (χ0n) is 9.67. The summed E-state index contributed by atoms with van der Waals surface area (Å²) in [7, 11) is 0.